The highest BCUT2D eigenvalue weighted by atomic mass is 35.5. The third-order valence-electron chi connectivity index (χ3n) is 4.15. The maximum Gasteiger partial charge on any atom is 0.261 e. The molecule has 0 aromatic heterocycles. The van der Waals surface area contributed by atoms with Crippen LogP contribution in [0.15, 0.2) is 47.4 Å². The van der Waals surface area contributed by atoms with E-state index < -0.39 is 10.0 Å². The van der Waals surface area contributed by atoms with Gasteiger partial charge in [0.2, 0.25) is 0 Å². The third kappa shape index (κ3) is 4.00. The number of rotatable bonds is 4. The molecule has 2 aromatic rings. The molecule has 138 valence electrons. The number of aryl methyl sites for hydroxylation is 1. The van der Waals surface area contributed by atoms with Gasteiger partial charge in [0.25, 0.3) is 15.9 Å². The van der Waals surface area contributed by atoms with Gasteiger partial charge in [-0.05, 0) is 36.8 Å². The topological polar surface area (TPSA) is 75.7 Å². The molecule has 1 N–H and O–H groups in total. The highest BCUT2D eigenvalue weighted by molar-refractivity contribution is 7.92. The number of morpholine rings is 1. The number of para-hydroxylation sites is 1. The van der Waals surface area contributed by atoms with Crippen molar-refractivity contribution in [2.24, 2.45) is 0 Å². The Balaban J connectivity index is 1.90. The molecule has 1 fully saturated rings. The number of sulfonamides is 1. The molecule has 2 aromatic carbocycles. The van der Waals surface area contributed by atoms with Crippen LogP contribution >= 0.6 is 11.6 Å². The minimum atomic E-state index is -3.87. The Morgan fingerprint density at radius 3 is 2.54 bits per heavy atom. The molecule has 0 aliphatic carbocycles. The number of anilines is 1. The molecule has 0 bridgehead atoms. The molecule has 6 nitrogen and oxygen atoms in total. The molecule has 1 saturated heterocycles. The van der Waals surface area contributed by atoms with Crippen molar-refractivity contribution in [3.05, 3.63) is 58.6 Å². The Morgan fingerprint density at radius 2 is 1.85 bits per heavy atom. The summed E-state index contributed by atoms with van der Waals surface area (Å²) in [6, 6.07) is 11.1. The van der Waals surface area contributed by atoms with Gasteiger partial charge in [-0.3, -0.25) is 9.52 Å². The fourth-order valence-electron chi connectivity index (χ4n) is 2.64. The molecule has 1 aliphatic heterocycles. The minimum absolute atomic E-state index is 0.0433. The zero-order chi connectivity index (χ0) is 18.7. The predicted octanol–water partition coefficient (Wildman–Crippen LogP) is 2.92. The normalized spacial score (nSPS) is 14.9. The monoisotopic (exact) mass is 394 g/mol. The van der Waals surface area contributed by atoms with Crippen molar-refractivity contribution in [3.8, 4) is 0 Å². The number of halogens is 1. The van der Waals surface area contributed by atoms with Crippen molar-refractivity contribution < 1.29 is 17.9 Å². The summed E-state index contributed by atoms with van der Waals surface area (Å²) in [5.41, 5.74) is 1.32. The minimum Gasteiger partial charge on any atom is -0.378 e. The average Bonchev–Trinajstić information content (AvgIpc) is 2.64. The lowest BCUT2D eigenvalue weighted by Crippen LogP contribution is -2.41. The lowest BCUT2D eigenvalue weighted by Gasteiger charge is -2.27. The summed E-state index contributed by atoms with van der Waals surface area (Å²) in [7, 11) is -3.87. The summed E-state index contributed by atoms with van der Waals surface area (Å²) in [5, 5.41) is 0.366. The Hall–Kier alpha value is -2.09. The first kappa shape index (κ1) is 18.7. The first-order valence-corrected chi connectivity index (χ1v) is 9.99. The number of nitrogens with one attached hydrogen (secondary N) is 1. The zero-order valence-corrected chi connectivity index (χ0v) is 15.8. The Labute approximate surface area is 157 Å². The van der Waals surface area contributed by atoms with Crippen molar-refractivity contribution in [2.75, 3.05) is 31.0 Å². The Morgan fingerprint density at radius 1 is 1.15 bits per heavy atom. The number of benzene rings is 2. The molecule has 0 saturated carbocycles. The fourth-order valence-corrected chi connectivity index (χ4v) is 3.99. The summed E-state index contributed by atoms with van der Waals surface area (Å²) in [4.78, 5) is 14.5. The van der Waals surface area contributed by atoms with Gasteiger partial charge in [0.15, 0.2) is 0 Å². The molecule has 0 radical (unpaired) electrons. The van der Waals surface area contributed by atoms with E-state index in [9.17, 15) is 13.2 Å². The second-order valence-corrected chi connectivity index (χ2v) is 8.06. The number of hydrogen-bond acceptors (Lipinski definition) is 4. The summed E-state index contributed by atoms with van der Waals surface area (Å²) < 4.78 is 33.2. The first-order valence-electron chi connectivity index (χ1n) is 8.13. The molecule has 0 atom stereocenters. The van der Waals surface area contributed by atoms with Crippen molar-refractivity contribution in [2.45, 2.75) is 11.8 Å². The highest BCUT2D eigenvalue weighted by Crippen LogP contribution is 2.24. The molecule has 1 amide bonds. The maximum atomic E-state index is 12.8. The quantitative estimate of drug-likeness (QED) is 0.865. The van der Waals surface area contributed by atoms with E-state index in [-0.39, 0.29) is 16.5 Å². The van der Waals surface area contributed by atoms with E-state index in [2.05, 4.69) is 4.72 Å². The van der Waals surface area contributed by atoms with Crippen molar-refractivity contribution >= 4 is 33.2 Å². The van der Waals surface area contributed by atoms with Gasteiger partial charge in [-0.2, -0.15) is 0 Å². The van der Waals surface area contributed by atoms with E-state index in [0.717, 1.165) is 5.56 Å². The molecule has 1 heterocycles. The number of ether oxygens (including phenoxy) is 1. The van der Waals surface area contributed by atoms with Gasteiger partial charge in [0.05, 0.1) is 29.4 Å². The van der Waals surface area contributed by atoms with Crippen LogP contribution in [0, 0.1) is 6.92 Å². The third-order valence-corrected chi connectivity index (χ3v) is 5.92. The van der Waals surface area contributed by atoms with Crippen LogP contribution < -0.4 is 4.72 Å². The predicted molar refractivity (Wildman–Crippen MR) is 100 cm³/mol. The van der Waals surface area contributed by atoms with Crippen LogP contribution in [0.4, 0.5) is 5.69 Å². The van der Waals surface area contributed by atoms with Crippen molar-refractivity contribution in [1.29, 1.82) is 0 Å². The van der Waals surface area contributed by atoms with Gasteiger partial charge in [-0.25, -0.2) is 8.42 Å². The smallest absolute Gasteiger partial charge is 0.261 e. The zero-order valence-electron chi connectivity index (χ0n) is 14.2. The van der Waals surface area contributed by atoms with E-state index in [1.165, 1.54) is 12.1 Å². The van der Waals surface area contributed by atoms with Crippen LogP contribution in [0.25, 0.3) is 0 Å². The second kappa shape index (κ2) is 7.65. The van der Waals surface area contributed by atoms with E-state index >= 15 is 0 Å². The van der Waals surface area contributed by atoms with Crippen LogP contribution in [-0.4, -0.2) is 45.5 Å². The number of nitrogens with zero attached hydrogens (tertiary/aromatic N) is 1. The maximum absolute atomic E-state index is 12.8. The average molecular weight is 395 g/mol. The summed E-state index contributed by atoms with van der Waals surface area (Å²) in [5.74, 6) is -0.228. The molecule has 26 heavy (non-hydrogen) atoms. The molecule has 0 unspecified atom stereocenters. The molecule has 3 rings (SSSR count). The van der Waals surface area contributed by atoms with E-state index in [0.29, 0.717) is 36.9 Å². The lowest BCUT2D eigenvalue weighted by atomic mass is 10.1. The molecular weight excluding hydrogens is 376 g/mol. The van der Waals surface area contributed by atoms with E-state index in [1.807, 2.05) is 0 Å². The van der Waals surface area contributed by atoms with Crippen LogP contribution in [0.2, 0.25) is 5.02 Å². The van der Waals surface area contributed by atoms with Crippen LogP contribution in [0.3, 0.4) is 0 Å². The highest BCUT2D eigenvalue weighted by Gasteiger charge is 2.23. The SMILES string of the molecule is Cc1ccc(S(=O)(=O)Nc2ccccc2C(=O)N2CCOCC2)cc1Cl. The van der Waals surface area contributed by atoms with E-state index in [1.54, 1.807) is 42.2 Å². The second-order valence-electron chi connectivity index (χ2n) is 5.97. The van der Waals surface area contributed by atoms with E-state index in [4.69, 9.17) is 16.3 Å². The number of carbonyl (C=O) groups excluding carboxylic acids is 1. The van der Waals surface area contributed by atoms with Crippen LogP contribution in [0.1, 0.15) is 15.9 Å². The summed E-state index contributed by atoms with van der Waals surface area (Å²) >= 11 is 6.04. The van der Waals surface area contributed by atoms with Gasteiger partial charge in [0, 0.05) is 18.1 Å². The fraction of sp³-hybridized carbons (Fsp3) is 0.278. The Kier molecular flexibility index (Phi) is 5.50. The number of hydrogen-bond donors (Lipinski definition) is 1. The number of carbonyl (C=O) groups is 1. The standard InChI is InChI=1S/C18H19ClN2O4S/c1-13-6-7-14(12-16(13)19)26(23,24)20-17-5-3-2-4-15(17)18(22)21-8-10-25-11-9-21/h2-7,12,20H,8-11H2,1H3. The molecule has 8 heteroatoms. The van der Waals surface area contributed by atoms with Gasteiger partial charge < -0.3 is 9.64 Å². The van der Waals surface area contributed by atoms with Crippen molar-refractivity contribution in [3.63, 3.8) is 0 Å². The summed E-state index contributed by atoms with van der Waals surface area (Å²) in [6.07, 6.45) is 0. The van der Waals surface area contributed by atoms with Crippen LogP contribution in [0.5, 0.6) is 0 Å². The number of amides is 1. The first-order chi connectivity index (χ1) is 12.4. The molecule has 0 spiro atoms. The van der Waals surface area contributed by atoms with Gasteiger partial charge in [-0.15, -0.1) is 0 Å². The molecule has 1 aliphatic rings. The largest absolute Gasteiger partial charge is 0.378 e. The van der Waals surface area contributed by atoms with Crippen LogP contribution in [-0.2, 0) is 14.8 Å². The molecular formula is C18H19ClN2O4S. The van der Waals surface area contributed by atoms with Crippen molar-refractivity contribution in [1.82, 2.24) is 4.90 Å². The summed E-state index contributed by atoms with van der Waals surface area (Å²) in [6.45, 7) is 3.70. The van der Waals surface area contributed by atoms with Gasteiger partial charge >= 0.3 is 0 Å². The lowest BCUT2D eigenvalue weighted by molar-refractivity contribution is 0.0303. The van der Waals surface area contributed by atoms with Gasteiger partial charge in [-0.1, -0.05) is 29.8 Å². The Bertz CT molecular complexity index is 925. The van der Waals surface area contributed by atoms with Gasteiger partial charge in [0.1, 0.15) is 0 Å².